The van der Waals surface area contributed by atoms with Crippen LogP contribution in [0.1, 0.15) is 12.8 Å². The van der Waals surface area contributed by atoms with Crippen LogP contribution in [0.4, 0.5) is 5.69 Å². The maximum Gasteiger partial charge on any atom is 0.227 e. The van der Waals surface area contributed by atoms with Crippen molar-refractivity contribution in [3.05, 3.63) is 48.8 Å². The number of aromatic hydroxyl groups is 1. The lowest BCUT2D eigenvalue weighted by molar-refractivity contribution is -0.117. The first-order chi connectivity index (χ1) is 10.7. The molecule has 0 aliphatic heterocycles. The van der Waals surface area contributed by atoms with Gasteiger partial charge in [-0.25, -0.2) is 4.98 Å². The number of fused-ring (bicyclic) bond motifs is 1. The second kappa shape index (κ2) is 4.87. The van der Waals surface area contributed by atoms with Crippen LogP contribution in [0.25, 0.3) is 16.9 Å². The number of hydrogen-bond acceptors (Lipinski definition) is 3. The van der Waals surface area contributed by atoms with Gasteiger partial charge in [-0.3, -0.25) is 4.79 Å². The first-order valence-electron chi connectivity index (χ1n) is 7.29. The maximum absolute atomic E-state index is 11.7. The lowest BCUT2D eigenvalue weighted by Crippen LogP contribution is -2.12. The molecule has 0 spiro atoms. The van der Waals surface area contributed by atoms with Gasteiger partial charge in [-0.15, -0.1) is 0 Å². The number of benzene rings is 1. The predicted octanol–water partition coefficient (Wildman–Crippen LogP) is 3.06. The molecule has 3 aromatic rings. The average molecular weight is 293 g/mol. The van der Waals surface area contributed by atoms with Gasteiger partial charge in [0, 0.05) is 29.6 Å². The van der Waals surface area contributed by atoms with Crippen LogP contribution in [0.2, 0.25) is 0 Å². The fourth-order valence-corrected chi connectivity index (χ4v) is 2.45. The van der Waals surface area contributed by atoms with Crippen LogP contribution >= 0.6 is 0 Å². The monoisotopic (exact) mass is 293 g/mol. The number of carbonyl (C=O) groups is 1. The van der Waals surface area contributed by atoms with Gasteiger partial charge < -0.3 is 14.8 Å². The molecule has 1 amide bonds. The van der Waals surface area contributed by atoms with Gasteiger partial charge in [0.05, 0.1) is 5.69 Å². The Labute approximate surface area is 127 Å². The molecule has 5 nitrogen and oxygen atoms in total. The molecule has 0 atom stereocenters. The minimum atomic E-state index is 0.102. The highest BCUT2D eigenvalue weighted by atomic mass is 16.3. The minimum absolute atomic E-state index is 0.102. The van der Waals surface area contributed by atoms with Crippen molar-refractivity contribution in [3.8, 4) is 17.0 Å². The lowest BCUT2D eigenvalue weighted by atomic mass is 10.1. The molecule has 2 N–H and O–H groups in total. The molecule has 0 unspecified atom stereocenters. The standard InChI is InChI=1S/C17H15N3O2/c21-15-2-1-9-20-10-14(19-16(15)20)11-5-7-13(8-6-11)18-17(22)12-3-4-12/h1-2,5-10,12,21H,3-4H2,(H,18,22). The molecule has 1 aliphatic rings. The highest BCUT2D eigenvalue weighted by Gasteiger charge is 2.29. The Kier molecular flexibility index (Phi) is 2.85. The van der Waals surface area contributed by atoms with Crippen LogP contribution in [0.15, 0.2) is 48.8 Å². The van der Waals surface area contributed by atoms with Gasteiger partial charge in [0.15, 0.2) is 11.4 Å². The fraction of sp³-hybridized carbons (Fsp3) is 0.176. The first kappa shape index (κ1) is 12.9. The van der Waals surface area contributed by atoms with Gasteiger partial charge in [0.25, 0.3) is 0 Å². The zero-order valence-electron chi connectivity index (χ0n) is 11.9. The molecule has 2 heterocycles. The Bertz CT molecular complexity index is 848. The van der Waals surface area contributed by atoms with Crippen molar-refractivity contribution in [2.45, 2.75) is 12.8 Å². The summed E-state index contributed by atoms with van der Waals surface area (Å²) in [6.45, 7) is 0. The van der Waals surface area contributed by atoms with Crippen molar-refractivity contribution in [2.75, 3.05) is 5.32 Å². The quantitative estimate of drug-likeness (QED) is 0.780. The number of nitrogens with zero attached hydrogens (tertiary/aromatic N) is 2. The number of rotatable bonds is 3. The largest absolute Gasteiger partial charge is 0.504 e. The summed E-state index contributed by atoms with van der Waals surface area (Å²) < 4.78 is 1.79. The molecule has 22 heavy (non-hydrogen) atoms. The van der Waals surface area contributed by atoms with Gasteiger partial charge >= 0.3 is 0 Å². The molecular weight excluding hydrogens is 278 g/mol. The van der Waals surface area contributed by atoms with Crippen LogP contribution in [-0.2, 0) is 4.79 Å². The molecule has 1 aromatic carbocycles. The number of anilines is 1. The summed E-state index contributed by atoms with van der Waals surface area (Å²) in [5.41, 5.74) is 3.05. The van der Waals surface area contributed by atoms with E-state index in [1.54, 1.807) is 16.5 Å². The molecule has 0 radical (unpaired) electrons. The molecule has 110 valence electrons. The lowest BCUT2D eigenvalue weighted by Gasteiger charge is -2.04. The predicted molar refractivity (Wildman–Crippen MR) is 83.6 cm³/mol. The van der Waals surface area contributed by atoms with Gasteiger partial charge in [-0.05, 0) is 37.1 Å². The third-order valence-electron chi connectivity index (χ3n) is 3.86. The van der Waals surface area contributed by atoms with E-state index in [1.807, 2.05) is 36.7 Å². The van der Waals surface area contributed by atoms with Gasteiger partial charge in [-0.2, -0.15) is 0 Å². The number of hydrogen-bond donors (Lipinski definition) is 2. The van der Waals surface area contributed by atoms with E-state index in [0.29, 0.717) is 5.65 Å². The smallest absolute Gasteiger partial charge is 0.227 e. The minimum Gasteiger partial charge on any atom is -0.504 e. The van der Waals surface area contributed by atoms with Crippen molar-refractivity contribution in [1.82, 2.24) is 9.38 Å². The van der Waals surface area contributed by atoms with Gasteiger partial charge in [0.1, 0.15) is 0 Å². The molecule has 4 rings (SSSR count). The Balaban J connectivity index is 1.61. The van der Waals surface area contributed by atoms with E-state index in [9.17, 15) is 9.90 Å². The zero-order chi connectivity index (χ0) is 15.1. The van der Waals surface area contributed by atoms with Crippen LogP contribution in [0, 0.1) is 5.92 Å². The number of imidazole rings is 1. The van der Waals surface area contributed by atoms with E-state index in [4.69, 9.17) is 0 Å². The maximum atomic E-state index is 11.7. The van der Waals surface area contributed by atoms with Crippen molar-refractivity contribution in [3.63, 3.8) is 0 Å². The number of carbonyl (C=O) groups excluding carboxylic acids is 1. The summed E-state index contributed by atoms with van der Waals surface area (Å²) in [6, 6.07) is 11.0. The van der Waals surface area contributed by atoms with Crippen molar-refractivity contribution < 1.29 is 9.90 Å². The van der Waals surface area contributed by atoms with E-state index in [-0.39, 0.29) is 17.6 Å². The molecule has 2 aromatic heterocycles. The number of nitrogens with one attached hydrogen (secondary N) is 1. The Morgan fingerprint density at radius 1 is 1.23 bits per heavy atom. The molecule has 5 heteroatoms. The summed E-state index contributed by atoms with van der Waals surface area (Å²) in [4.78, 5) is 16.2. The van der Waals surface area contributed by atoms with Crippen molar-refractivity contribution >= 4 is 17.2 Å². The topological polar surface area (TPSA) is 66.6 Å². The second-order valence-electron chi connectivity index (χ2n) is 5.59. The second-order valence-corrected chi connectivity index (χ2v) is 5.59. The van der Waals surface area contributed by atoms with E-state index in [2.05, 4.69) is 10.3 Å². The van der Waals surface area contributed by atoms with Crippen LogP contribution in [-0.4, -0.2) is 20.4 Å². The Morgan fingerprint density at radius 2 is 2.00 bits per heavy atom. The summed E-state index contributed by atoms with van der Waals surface area (Å²) in [7, 11) is 0. The van der Waals surface area contributed by atoms with Crippen molar-refractivity contribution in [2.24, 2.45) is 5.92 Å². The first-order valence-corrected chi connectivity index (χ1v) is 7.29. The third-order valence-corrected chi connectivity index (χ3v) is 3.86. The summed E-state index contributed by atoms with van der Waals surface area (Å²) in [6.07, 6.45) is 5.70. The SMILES string of the molecule is O=C(Nc1ccc(-c2cn3cccc(O)c3n2)cc1)C1CC1. The van der Waals surface area contributed by atoms with E-state index >= 15 is 0 Å². The summed E-state index contributed by atoms with van der Waals surface area (Å²) in [5, 5.41) is 12.7. The van der Waals surface area contributed by atoms with Crippen LogP contribution < -0.4 is 5.32 Å². The fourth-order valence-electron chi connectivity index (χ4n) is 2.45. The Morgan fingerprint density at radius 3 is 2.68 bits per heavy atom. The molecule has 1 fully saturated rings. The number of amides is 1. The van der Waals surface area contributed by atoms with Crippen LogP contribution in [0.3, 0.4) is 0 Å². The average Bonchev–Trinajstić information content (AvgIpc) is 3.28. The molecule has 1 saturated carbocycles. The molecular formula is C17H15N3O2. The number of pyridine rings is 1. The van der Waals surface area contributed by atoms with Gasteiger partial charge in [-0.1, -0.05) is 12.1 Å². The van der Waals surface area contributed by atoms with Crippen LogP contribution in [0.5, 0.6) is 5.75 Å². The zero-order valence-corrected chi connectivity index (χ0v) is 11.9. The Hall–Kier alpha value is -2.82. The highest BCUT2D eigenvalue weighted by Crippen LogP contribution is 2.30. The molecule has 0 saturated heterocycles. The van der Waals surface area contributed by atoms with E-state index < -0.39 is 0 Å². The van der Waals surface area contributed by atoms with E-state index in [0.717, 1.165) is 29.8 Å². The summed E-state index contributed by atoms with van der Waals surface area (Å²) >= 11 is 0. The highest BCUT2D eigenvalue weighted by molar-refractivity contribution is 5.94. The molecule has 1 aliphatic carbocycles. The van der Waals surface area contributed by atoms with Crippen molar-refractivity contribution in [1.29, 1.82) is 0 Å². The van der Waals surface area contributed by atoms with Gasteiger partial charge in [0.2, 0.25) is 5.91 Å². The normalized spacial score (nSPS) is 14.2. The number of aromatic nitrogens is 2. The third kappa shape index (κ3) is 2.30. The molecule has 0 bridgehead atoms. The van der Waals surface area contributed by atoms with E-state index in [1.165, 1.54) is 0 Å². The summed E-state index contributed by atoms with van der Waals surface area (Å²) in [5.74, 6) is 0.452.